The molecule has 0 bridgehead atoms. The van der Waals surface area contributed by atoms with E-state index < -0.39 is 17.0 Å². The number of benzene rings is 1. The average molecular weight is 375 g/mol. The van der Waals surface area contributed by atoms with Crippen LogP contribution in [0.4, 0.5) is 10.1 Å². The number of aliphatic carboxylic acids is 1. The fraction of sp³-hybridized carbons (Fsp3) is 0.308. The minimum absolute atomic E-state index is 0.114. The molecule has 1 aliphatic rings. The van der Waals surface area contributed by atoms with Crippen molar-refractivity contribution in [2.45, 2.75) is 18.6 Å². The highest BCUT2D eigenvalue weighted by atomic mass is 79.9. The Balaban J connectivity index is 2.31. The van der Waals surface area contributed by atoms with Crippen molar-refractivity contribution >= 4 is 50.4 Å². The standard InChI is InChI=1S/C13H12BrFN2O3S/c1-2-17-12(20)10(6-11(18)19)21-13(17)16-9-4-3-7(14)5-8(9)15/h3-5,10H,2,6H2,1H3,(H,18,19)/t10-/m0/s1. The van der Waals surface area contributed by atoms with Crippen LogP contribution in [-0.2, 0) is 9.59 Å². The quantitative estimate of drug-likeness (QED) is 0.879. The number of nitrogens with zero attached hydrogens (tertiary/aromatic N) is 2. The lowest BCUT2D eigenvalue weighted by atomic mass is 10.3. The average Bonchev–Trinajstić information content (AvgIpc) is 2.68. The molecule has 0 spiro atoms. The Kier molecular flexibility index (Phi) is 5.00. The molecule has 0 aromatic heterocycles. The maximum absolute atomic E-state index is 13.8. The smallest absolute Gasteiger partial charge is 0.305 e. The summed E-state index contributed by atoms with van der Waals surface area (Å²) in [7, 11) is 0. The first kappa shape index (κ1) is 16.0. The van der Waals surface area contributed by atoms with E-state index in [1.807, 2.05) is 0 Å². The monoisotopic (exact) mass is 374 g/mol. The zero-order chi connectivity index (χ0) is 15.6. The van der Waals surface area contributed by atoms with Crippen LogP contribution in [-0.4, -0.2) is 38.8 Å². The van der Waals surface area contributed by atoms with Gasteiger partial charge in [-0.25, -0.2) is 9.38 Å². The number of amidine groups is 1. The van der Waals surface area contributed by atoms with Crippen molar-refractivity contribution in [3.05, 3.63) is 28.5 Å². The third-order valence-corrected chi connectivity index (χ3v) is 4.49. The van der Waals surface area contributed by atoms with Crippen molar-refractivity contribution in [1.29, 1.82) is 0 Å². The van der Waals surface area contributed by atoms with E-state index >= 15 is 0 Å². The summed E-state index contributed by atoms with van der Waals surface area (Å²) < 4.78 is 14.4. The number of carboxylic acids is 1. The molecule has 1 amide bonds. The molecule has 112 valence electrons. The summed E-state index contributed by atoms with van der Waals surface area (Å²) in [4.78, 5) is 28.4. The van der Waals surface area contributed by atoms with Gasteiger partial charge in [0.25, 0.3) is 0 Å². The molecule has 1 aliphatic heterocycles. The van der Waals surface area contributed by atoms with Crippen molar-refractivity contribution in [2.24, 2.45) is 4.99 Å². The molecule has 1 aromatic rings. The van der Waals surface area contributed by atoms with Gasteiger partial charge in [0.15, 0.2) is 5.17 Å². The van der Waals surface area contributed by atoms with Gasteiger partial charge in [0.1, 0.15) is 16.8 Å². The Hall–Kier alpha value is -1.41. The van der Waals surface area contributed by atoms with Crippen molar-refractivity contribution in [2.75, 3.05) is 6.54 Å². The highest BCUT2D eigenvalue weighted by Gasteiger charge is 2.38. The minimum atomic E-state index is -1.05. The van der Waals surface area contributed by atoms with Crippen LogP contribution in [0.5, 0.6) is 0 Å². The number of halogens is 2. The largest absolute Gasteiger partial charge is 0.481 e. The molecule has 21 heavy (non-hydrogen) atoms. The molecule has 0 radical (unpaired) electrons. The molecule has 1 aromatic carbocycles. The number of carbonyl (C=O) groups is 2. The van der Waals surface area contributed by atoms with Gasteiger partial charge in [0.2, 0.25) is 5.91 Å². The molecule has 0 unspecified atom stereocenters. The van der Waals surface area contributed by atoms with Crippen LogP contribution in [0.25, 0.3) is 0 Å². The highest BCUT2D eigenvalue weighted by molar-refractivity contribution is 9.10. The van der Waals surface area contributed by atoms with Gasteiger partial charge in [-0.1, -0.05) is 27.7 Å². The SMILES string of the molecule is CCN1C(=O)[C@H](CC(=O)O)SC1=Nc1ccc(Br)cc1F. The van der Waals surface area contributed by atoms with Crippen molar-refractivity contribution < 1.29 is 19.1 Å². The van der Waals surface area contributed by atoms with E-state index in [9.17, 15) is 14.0 Å². The van der Waals surface area contributed by atoms with Crippen molar-refractivity contribution in [3.63, 3.8) is 0 Å². The number of hydrogen-bond acceptors (Lipinski definition) is 4. The maximum atomic E-state index is 13.8. The second kappa shape index (κ2) is 6.57. The second-order valence-electron chi connectivity index (χ2n) is 4.28. The van der Waals surface area contributed by atoms with Crippen molar-refractivity contribution in [1.82, 2.24) is 4.90 Å². The van der Waals surface area contributed by atoms with Crippen molar-refractivity contribution in [3.8, 4) is 0 Å². The van der Waals surface area contributed by atoms with Gasteiger partial charge >= 0.3 is 5.97 Å². The Morgan fingerprint density at radius 2 is 2.29 bits per heavy atom. The Labute approximate surface area is 133 Å². The first-order valence-electron chi connectivity index (χ1n) is 6.16. The lowest BCUT2D eigenvalue weighted by Gasteiger charge is -2.13. The number of carbonyl (C=O) groups excluding carboxylic acids is 1. The number of rotatable bonds is 4. The van der Waals surface area contributed by atoms with Crippen LogP contribution >= 0.6 is 27.7 Å². The van der Waals surface area contributed by atoms with E-state index in [-0.39, 0.29) is 18.0 Å². The first-order chi connectivity index (χ1) is 9.92. The first-order valence-corrected chi connectivity index (χ1v) is 7.83. The summed E-state index contributed by atoms with van der Waals surface area (Å²) in [6, 6.07) is 4.43. The predicted molar refractivity (Wildman–Crippen MR) is 82.2 cm³/mol. The molecule has 1 fully saturated rings. The number of amides is 1. The maximum Gasteiger partial charge on any atom is 0.305 e. The normalized spacial score (nSPS) is 20.3. The summed E-state index contributed by atoms with van der Waals surface area (Å²) in [5.74, 6) is -1.86. The molecular weight excluding hydrogens is 363 g/mol. The van der Waals surface area contributed by atoms with Crippen LogP contribution in [0.1, 0.15) is 13.3 Å². The third-order valence-electron chi connectivity index (χ3n) is 2.82. The van der Waals surface area contributed by atoms with E-state index in [4.69, 9.17) is 5.11 Å². The van der Waals surface area contributed by atoms with E-state index in [0.29, 0.717) is 16.2 Å². The van der Waals surface area contributed by atoms with Gasteiger partial charge in [-0.2, -0.15) is 0 Å². The fourth-order valence-electron chi connectivity index (χ4n) is 1.85. The molecule has 0 saturated carbocycles. The third kappa shape index (κ3) is 3.62. The number of aliphatic imine (C=N–C) groups is 1. The zero-order valence-corrected chi connectivity index (χ0v) is 13.4. The summed E-state index contributed by atoms with van der Waals surface area (Å²) in [5.41, 5.74) is 0.114. The Bertz CT molecular complexity index is 623. The molecule has 2 rings (SSSR count). The molecular formula is C13H12BrFN2O3S. The van der Waals surface area contributed by atoms with Crippen LogP contribution in [0, 0.1) is 5.82 Å². The lowest BCUT2D eigenvalue weighted by Crippen LogP contribution is -2.32. The predicted octanol–water partition coefficient (Wildman–Crippen LogP) is 3.01. The van der Waals surface area contributed by atoms with Gasteiger partial charge < -0.3 is 5.11 Å². The summed E-state index contributed by atoms with van der Waals surface area (Å²) in [6.07, 6.45) is -0.276. The second-order valence-corrected chi connectivity index (χ2v) is 6.36. The van der Waals surface area contributed by atoms with Gasteiger partial charge in [-0.15, -0.1) is 0 Å². The topological polar surface area (TPSA) is 70.0 Å². The zero-order valence-electron chi connectivity index (χ0n) is 11.0. The molecule has 8 heteroatoms. The lowest BCUT2D eigenvalue weighted by molar-refractivity contribution is -0.139. The molecule has 1 N–H and O–H groups in total. The molecule has 1 heterocycles. The van der Waals surface area contributed by atoms with E-state index in [1.54, 1.807) is 13.0 Å². The van der Waals surface area contributed by atoms with E-state index in [2.05, 4.69) is 20.9 Å². The van der Waals surface area contributed by atoms with Crippen LogP contribution < -0.4 is 0 Å². The highest BCUT2D eigenvalue weighted by Crippen LogP contribution is 2.32. The Morgan fingerprint density at radius 1 is 1.57 bits per heavy atom. The van der Waals surface area contributed by atoms with Crippen LogP contribution in [0.15, 0.2) is 27.7 Å². The van der Waals surface area contributed by atoms with Gasteiger partial charge in [0.05, 0.1) is 6.42 Å². The number of hydrogen-bond donors (Lipinski definition) is 1. The van der Waals surface area contributed by atoms with Gasteiger partial charge in [-0.3, -0.25) is 14.5 Å². The molecule has 0 aliphatic carbocycles. The number of carboxylic acid groups (broad SMARTS) is 1. The van der Waals surface area contributed by atoms with E-state index in [0.717, 1.165) is 11.8 Å². The molecule has 1 atom stereocenters. The number of thioether (sulfide) groups is 1. The van der Waals surface area contributed by atoms with Gasteiger partial charge in [0, 0.05) is 11.0 Å². The molecule has 1 saturated heterocycles. The van der Waals surface area contributed by atoms with Crippen LogP contribution in [0.3, 0.4) is 0 Å². The van der Waals surface area contributed by atoms with E-state index in [1.165, 1.54) is 17.0 Å². The fourth-order valence-corrected chi connectivity index (χ4v) is 3.39. The Morgan fingerprint density at radius 3 is 2.86 bits per heavy atom. The summed E-state index contributed by atoms with van der Waals surface area (Å²) in [5, 5.41) is 8.43. The van der Waals surface area contributed by atoms with Crippen LogP contribution in [0.2, 0.25) is 0 Å². The molecule has 5 nitrogen and oxygen atoms in total. The summed E-state index contributed by atoms with van der Waals surface area (Å²) in [6.45, 7) is 2.12. The van der Waals surface area contributed by atoms with Gasteiger partial charge in [-0.05, 0) is 25.1 Å². The summed E-state index contributed by atoms with van der Waals surface area (Å²) >= 11 is 4.21. The minimum Gasteiger partial charge on any atom is -0.481 e.